The fourth-order valence-electron chi connectivity index (χ4n) is 3.34. The van der Waals surface area contributed by atoms with Crippen LogP contribution in [0.5, 0.6) is 0 Å². The Morgan fingerprint density at radius 3 is 2.43 bits per heavy atom. The van der Waals surface area contributed by atoms with Crippen molar-refractivity contribution in [2.45, 2.75) is 34.2 Å². The molecule has 0 aliphatic heterocycles. The number of benzene rings is 2. The van der Waals surface area contributed by atoms with Crippen molar-refractivity contribution in [2.24, 2.45) is 5.10 Å². The number of aryl methyl sites for hydroxylation is 4. The molecule has 0 aliphatic carbocycles. The summed E-state index contributed by atoms with van der Waals surface area (Å²) in [5, 5.41) is 8.03. The molecule has 0 saturated carbocycles. The zero-order chi connectivity index (χ0) is 20.1. The third-order valence-corrected chi connectivity index (χ3v) is 4.94. The molecule has 2 N–H and O–H groups in total. The number of hydrogen-bond acceptors (Lipinski definition) is 2. The number of aromatic nitrogens is 1. The minimum Gasteiger partial charge on any atom is -0.342 e. The average molecular weight is 391 g/mol. The SMILES string of the molecule is Cc1cc(C)c(NC(=S)NN=Cc2cccn2Cc2ccccc2C)c(C)c1. The molecule has 144 valence electrons. The Morgan fingerprint density at radius 2 is 1.71 bits per heavy atom. The van der Waals surface area contributed by atoms with Crippen LogP contribution in [0.15, 0.2) is 59.8 Å². The predicted molar refractivity (Wildman–Crippen MR) is 122 cm³/mol. The maximum atomic E-state index is 5.40. The molecule has 0 fully saturated rings. The van der Waals surface area contributed by atoms with Crippen LogP contribution < -0.4 is 10.7 Å². The van der Waals surface area contributed by atoms with E-state index >= 15 is 0 Å². The van der Waals surface area contributed by atoms with Gasteiger partial charge in [-0.05, 0) is 74.3 Å². The molecule has 0 atom stereocenters. The van der Waals surface area contributed by atoms with Crippen LogP contribution in [-0.4, -0.2) is 15.9 Å². The number of hydrazone groups is 1. The fraction of sp³-hybridized carbons (Fsp3) is 0.217. The fourth-order valence-corrected chi connectivity index (χ4v) is 3.49. The Balaban J connectivity index is 1.64. The van der Waals surface area contributed by atoms with Gasteiger partial charge < -0.3 is 9.88 Å². The first-order chi connectivity index (χ1) is 13.4. The maximum absolute atomic E-state index is 5.40. The van der Waals surface area contributed by atoms with E-state index in [1.807, 2.05) is 12.1 Å². The Hall–Kier alpha value is -2.92. The van der Waals surface area contributed by atoms with Gasteiger partial charge in [-0.1, -0.05) is 42.0 Å². The van der Waals surface area contributed by atoms with Crippen LogP contribution in [0.4, 0.5) is 5.69 Å². The molecule has 2 aromatic carbocycles. The highest BCUT2D eigenvalue weighted by Gasteiger charge is 2.06. The number of hydrogen-bond donors (Lipinski definition) is 2. The molecule has 1 heterocycles. The smallest absolute Gasteiger partial charge is 0.191 e. The van der Waals surface area contributed by atoms with E-state index in [2.05, 4.69) is 90.7 Å². The lowest BCUT2D eigenvalue weighted by Gasteiger charge is -2.14. The Morgan fingerprint density at radius 1 is 1.00 bits per heavy atom. The average Bonchev–Trinajstić information content (AvgIpc) is 3.07. The number of rotatable bonds is 5. The maximum Gasteiger partial charge on any atom is 0.191 e. The lowest BCUT2D eigenvalue weighted by molar-refractivity contribution is 0.793. The molecule has 5 heteroatoms. The summed E-state index contributed by atoms with van der Waals surface area (Å²) in [6.07, 6.45) is 3.85. The van der Waals surface area contributed by atoms with Gasteiger partial charge in [0.2, 0.25) is 0 Å². The molecule has 0 bridgehead atoms. The lowest BCUT2D eigenvalue weighted by Crippen LogP contribution is -2.25. The molecule has 1 aromatic heterocycles. The van der Waals surface area contributed by atoms with Gasteiger partial charge in [0.15, 0.2) is 5.11 Å². The molecule has 3 rings (SSSR count). The standard InChI is InChI=1S/C23H26N4S/c1-16-12-18(3)22(19(4)13-16)25-23(28)26-24-14-21-10-7-11-27(21)15-20-9-6-5-8-17(20)2/h5-14H,15H2,1-4H3,(H2,25,26,28). The van der Waals surface area contributed by atoms with E-state index in [9.17, 15) is 0 Å². The zero-order valence-corrected chi connectivity index (χ0v) is 17.6. The molecular formula is C23H26N4S. The number of anilines is 1. The molecular weight excluding hydrogens is 364 g/mol. The van der Waals surface area contributed by atoms with E-state index in [0.29, 0.717) is 5.11 Å². The minimum absolute atomic E-state index is 0.475. The van der Waals surface area contributed by atoms with Crippen LogP contribution in [0.3, 0.4) is 0 Å². The summed E-state index contributed by atoms with van der Waals surface area (Å²) in [5.74, 6) is 0. The van der Waals surface area contributed by atoms with Gasteiger partial charge in [0.1, 0.15) is 0 Å². The van der Waals surface area contributed by atoms with Crippen molar-refractivity contribution in [1.29, 1.82) is 0 Å². The summed E-state index contributed by atoms with van der Waals surface area (Å²) in [6, 6.07) is 16.8. The van der Waals surface area contributed by atoms with Crippen molar-refractivity contribution in [1.82, 2.24) is 9.99 Å². The first-order valence-electron chi connectivity index (χ1n) is 9.31. The number of nitrogens with one attached hydrogen (secondary N) is 2. The van der Waals surface area contributed by atoms with Gasteiger partial charge in [-0.2, -0.15) is 5.10 Å². The third-order valence-electron chi connectivity index (χ3n) is 4.75. The third kappa shape index (κ3) is 4.87. The van der Waals surface area contributed by atoms with Crippen LogP contribution in [-0.2, 0) is 6.54 Å². The summed E-state index contributed by atoms with van der Waals surface area (Å²) in [6.45, 7) is 9.19. The Kier molecular flexibility index (Phi) is 6.26. The van der Waals surface area contributed by atoms with Crippen molar-refractivity contribution in [3.8, 4) is 0 Å². The minimum atomic E-state index is 0.475. The summed E-state index contributed by atoms with van der Waals surface area (Å²) < 4.78 is 2.16. The van der Waals surface area contributed by atoms with Crippen molar-refractivity contribution in [3.63, 3.8) is 0 Å². The van der Waals surface area contributed by atoms with Gasteiger partial charge in [0.25, 0.3) is 0 Å². The summed E-state index contributed by atoms with van der Waals surface area (Å²) in [7, 11) is 0. The zero-order valence-electron chi connectivity index (χ0n) is 16.8. The van der Waals surface area contributed by atoms with Gasteiger partial charge in [0.05, 0.1) is 11.9 Å². The highest BCUT2D eigenvalue weighted by molar-refractivity contribution is 7.80. The molecule has 0 unspecified atom stereocenters. The molecule has 0 aliphatic rings. The van der Waals surface area contributed by atoms with Gasteiger partial charge in [-0.25, -0.2) is 0 Å². The van der Waals surface area contributed by atoms with Crippen LogP contribution in [0.1, 0.15) is 33.5 Å². The molecule has 0 amide bonds. The summed E-state index contributed by atoms with van der Waals surface area (Å²) in [4.78, 5) is 0. The van der Waals surface area contributed by atoms with E-state index in [1.165, 1.54) is 16.7 Å². The van der Waals surface area contributed by atoms with Gasteiger partial charge in [-0.3, -0.25) is 5.43 Å². The largest absolute Gasteiger partial charge is 0.342 e. The van der Waals surface area contributed by atoms with E-state index < -0.39 is 0 Å². The molecule has 0 spiro atoms. The van der Waals surface area contributed by atoms with Crippen LogP contribution in [0.2, 0.25) is 0 Å². The van der Waals surface area contributed by atoms with E-state index in [1.54, 1.807) is 6.21 Å². The summed E-state index contributed by atoms with van der Waals surface area (Å²) >= 11 is 5.40. The molecule has 0 radical (unpaired) electrons. The van der Waals surface area contributed by atoms with E-state index in [-0.39, 0.29) is 0 Å². The first kappa shape index (κ1) is 19.8. The Labute approximate surface area is 172 Å². The predicted octanol–water partition coefficient (Wildman–Crippen LogP) is 5.09. The first-order valence-corrected chi connectivity index (χ1v) is 9.72. The van der Waals surface area contributed by atoms with E-state index in [4.69, 9.17) is 12.2 Å². The lowest BCUT2D eigenvalue weighted by atomic mass is 10.1. The number of nitrogens with zero attached hydrogens (tertiary/aromatic N) is 2. The molecule has 4 nitrogen and oxygen atoms in total. The second-order valence-electron chi connectivity index (χ2n) is 7.09. The molecule has 0 saturated heterocycles. The van der Waals surface area contributed by atoms with Crippen LogP contribution >= 0.6 is 12.2 Å². The van der Waals surface area contributed by atoms with E-state index in [0.717, 1.165) is 29.1 Å². The monoisotopic (exact) mass is 390 g/mol. The molecule has 3 aromatic rings. The number of thiocarbonyl (C=S) groups is 1. The van der Waals surface area contributed by atoms with Crippen molar-refractivity contribution < 1.29 is 0 Å². The highest BCUT2D eigenvalue weighted by Crippen LogP contribution is 2.21. The van der Waals surface area contributed by atoms with Gasteiger partial charge >= 0.3 is 0 Å². The quantitative estimate of drug-likeness (QED) is 0.362. The second-order valence-corrected chi connectivity index (χ2v) is 7.49. The summed E-state index contributed by atoms with van der Waals surface area (Å²) in [5.41, 5.74) is 11.1. The van der Waals surface area contributed by atoms with Gasteiger partial charge in [0, 0.05) is 18.4 Å². The van der Waals surface area contributed by atoms with Crippen LogP contribution in [0.25, 0.3) is 0 Å². The van der Waals surface area contributed by atoms with Crippen molar-refractivity contribution >= 4 is 29.2 Å². The molecule has 28 heavy (non-hydrogen) atoms. The van der Waals surface area contributed by atoms with Crippen LogP contribution in [0, 0.1) is 27.7 Å². The topological polar surface area (TPSA) is 41.4 Å². The second kappa shape index (κ2) is 8.85. The van der Waals surface area contributed by atoms with Gasteiger partial charge in [-0.15, -0.1) is 0 Å². The van der Waals surface area contributed by atoms with Crippen molar-refractivity contribution in [3.05, 3.63) is 88.2 Å². The van der Waals surface area contributed by atoms with Crippen molar-refractivity contribution in [2.75, 3.05) is 5.32 Å². The normalized spacial score (nSPS) is 11.0. The Bertz CT molecular complexity index is 994. The highest BCUT2D eigenvalue weighted by atomic mass is 32.1.